The predicted molar refractivity (Wildman–Crippen MR) is 105 cm³/mol. The number of halogens is 3. The molecule has 154 valence electrons. The van der Waals surface area contributed by atoms with Gasteiger partial charge in [0, 0.05) is 12.4 Å². The summed E-state index contributed by atoms with van der Waals surface area (Å²) in [5.74, 6) is -0.927. The average molecular weight is 414 g/mol. The number of pyridine rings is 1. The zero-order valence-electron chi connectivity index (χ0n) is 16.3. The first kappa shape index (κ1) is 19.6. The van der Waals surface area contributed by atoms with Crippen molar-refractivity contribution in [1.82, 2.24) is 24.5 Å². The van der Waals surface area contributed by atoms with Crippen molar-refractivity contribution in [2.45, 2.75) is 20.0 Å². The van der Waals surface area contributed by atoms with Gasteiger partial charge in [-0.2, -0.15) is 23.4 Å². The number of hydrogen-bond donors (Lipinski definition) is 1. The van der Waals surface area contributed by atoms with Crippen LogP contribution < -0.4 is 5.32 Å². The second-order valence-corrected chi connectivity index (χ2v) is 6.91. The summed E-state index contributed by atoms with van der Waals surface area (Å²) in [5.41, 5.74) is 0.946. The number of fused-ring (bicyclic) bond motifs is 1. The van der Waals surface area contributed by atoms with Crippen LogP contribution in [0.25, 0.3) is 16.7 Å². The maximum Gasteiger partial charge on any atom is 0.434 e. The number of anilines is 1. The number of carbonyl (C=O) groups excluding carboxylic acids is 1. The molecule has 3 aromatic heterocycles. The molecule has 1 N–H and O–H groups in total. The Bertz CT molecular complexity index is 1250. The zero-order valence-corrected chi connectivity index (χ0v) is 16.3. The summed E-state index contributed by atoms with van der Waals surface area (Å²) in [6.45, 7) is 3.61. The van der Waals surface area contributed by atoms with Gasteiger partial charge in [-0.3, -0.25) is 9.48 Å². The van der Waals surface area contributed by atoms with Crippen LogP contribution in [0.4, 0.5) is 18.9 Å². The van der Waals surface area contributed by atoms with Gasteiger partial charge in [0.1, 0.15) is 0 Å². The number of aromatic nitrogens is 5. The third-order valence-corrected chi connectivity index (χ3v) is 4.68. The van der Waals surface area contributed by atoms with E-state index in [1.54, 1.807) is 36.9 Å². The minimum atomic E-state index is -4.78. The molecule has 30 heavy (non-hydrogen) atoms. The Labute approximate surface area is 169 Å². The molecular formula is C20H17F3N6O. The van der Waals surface area contributed by atoms with Crippen molar-refractivity contribution in [3.63, 3.8) is 0 Å². The third-order valence-electron chi connectivity index (χ3n) is 4.68. The van der Waals surface area contributed by atoms with E-state index in [1.807, 2.05) is 6.92 Å². The predicted octanol–water partition coefficient (Wildman–Crippen LogP) is 4.04. The van der Waals surface area contributed by atoms with Gasteiger partial charge >= 0.3 is 6.18 Å². The van der Waals surface area contributed by atoms with Gasteiger partial charge in [0.2, 0.25) is 0 Å². The Balaban J connectivity index is 1.72. The molecule has 10 heteroatoms. The van der Waals surface area contributed by atoms with Crippen LogP contribution in [-0.4, -0.2) is 30.5 Å². The van der Waals surface area contributed by atoms with Crippen LogP contribution in [-0.2, 0) is 13.2 Å². The molecule has 3 heterocycles. The number of benzene rings is 1. The van der Waals surface area contributed by atoms with Gasteiger partial charge in [0.05, 0.1) is 35.0 Å². The number of nitrogens with zero attached hydrogens (tertiary/aromatic N) is 5. The van der Waals surface area contributed by atoms with Crippen molar-refractivity contribution in [2.75, 3.05) is 5.32 Å². The fraction of sp³-hybridized carbons (Fsp3) is 0.200. The second kappa shape index (κ2) is 6.97. The summed E-state index contributed by atoms with van der Waals surface area (Å²) in [4.78, 5) is 16.9. The fourth-order valence-corrected chi connectivity index (χ4v) is 3.24. The van der Waals surface area contributed by atoms with E-state index >= 15 is 0 Å². The van der Waals surface area contributed by atoms with Crippen molar-refractivity contribution in [1.29, 1.82) is 0 Å². The van der Waals surface area contributed by atoms with E-state index in [1.165, 1.54) is 18.3 Å². The highest BCUT2D eigenvalue weighted by molar-refractivity contribution is 6.05. The molecule has 0 unspecified atom stereocenters. The summed E-state index contributed by atoms with van der Waals surface area (Å²) in [6, 6.07) is 8.01. The van der Waals surface area contributed by atoms with Gasteiger partial charge in [0.15, 0.2) is 11.3 Å². The lowest BCUT2D eigenvalue weighted by Crippen LogP contribution is -2.20. The van der Waals surface area contributed by atoms with Crippen molar-refractivity contribution >= 4 is 22.6 Å². The van der Waals surface area contributed by atoms with Gasteiger partial charge < -0.3 is 5.32 Å². The van der Waals surface area contributed by atoms with Crippen LogP contribution >= 0.6 is 0 Å². The topological polar surface area (TPSA) is 77.6 Å². The van der Waals surface area contributed by atoms with Crippen LogP contribution in [0.5, 0.6) is 0 Å². The monoisotopic (exact) mass is 414 g/mol. The summed E-state index contributed by atoms with van der Waals surface area (Å²) in [7, 11) is 1.73. The highest BCUT2D eigenvalue weighted by atomic mass is 19.4. The molecule has 1 amide bonds. The summed E-state index contributed by atoms with van der Waals surface area (Å²) in [6.07, 6.45) is -2.49. The van der Waals surface area contributed by atoms with Gasteiger partial charge in [0.25, 0.3) is 5.91 Å². The standard InChI is InChI=1S/C20H17F3N6O/c1-11-4-6-14(7-5-11)29-17(20(21,22)23)16(10-25-29)19(30)26-13-8-15-12(2)27-28(3)18(15)24-9-13/h4-10H,1-3H3,(H,26,30). The normalized spacial score (nSPS) is 11.8. The van der Waals surface area contributed by atoms with Crippen LogP contribution in [0.15, 0.2) is 42.7 Å². The number of aryl methyl sites for hydroxylation is 3. The number of nitrogens with one attached hydrogen (secondary N) is 1. The number of carbonyl (C=O) groups is 1. The van der Waals surface area contributed by atoms with Crippen molar-refractivity contribution < 1.29 is 18.0 Å². The van der Waals surface area contributed by atoms with Crippen molar-refractivity contribution in [3.8, 4) is 5.69 Å². The Hall–Kier alpha value is -3.69. The first-order valence-electron chi connectivity index (χ1n) is 8.98. The van der Waals surface area contributed by atoms with Crippen LogP contribution in [0, 0.1) is 13.8 Å². The lowest BCUT2D eigenvalue weighted by molar-refractivity contribution is -0.143. The summed E-state index contributed by atoms with van der Waals surface area (Å²) < 4.78 is 43.7. The lowest BCUT2D eigenvalue weighted by atomic mass is 10.2. The summed E-state index contributed by atoms with van der Waals surface area (Å²) >= 11 is 0. The molecule has 0 saturated heterocycles. The maximum absolute atomic E-state index is 13.8. The Morgan fingerprint density at radius 1 is 1.10 bits per heavy atom. The van der Waals surface area contributed by atoms with E-state index < -0.39 is 23.3 Å². The quantitative estimate of drug-likeness (QED) is 0.549. The first-order valence-corrected chi connectivity index (χ1v) is 8.98. The Morgan fingerprint density at radius 2 is 1.80 bits per heavy atom. The SMILES string of the molecule is Cc1ccc(-n2ncc(C(=O)Nc3cnc4c(c3)c(C)nn4C)c2C(F)(F)F)cc1. The molecule has 0 aliphatic carbocycles. The highest BCUT2D eigenvalue weighted by Crippen LogP contribution is 2.34. The Kier molecular flexibility index (Phi) is 4.56. The molecule has 1 aromatic carbocycles. The number of alkyl halides is 3. The van der Waals surface area contributed by atoms with Gasteiger partial charge in [-0.15, -0.1) is 0 Å². The zero-order chi connectivity index (χ0) is 21.6. The molecule has 4 aromatic rings. The van der Waals surface area contributed by atoms with E-state index in [4.69, 9.17) is 0 Å². The van der Waals surface area contributed by atoms with E-state index in [0.29, 0.717) is 16.7 Å². The van der Waals surface area contributed by atoms with Gasteiger partial charge in [-0.05, 0) is 32.0 Å². The second-order valence-electron chi connectivity index (χ2n) is 6.91. The molecule has 0 spiro atoms. The van der Waals surface area contributed by atoms with Gasteiger partial charge in [-0.1, -0.05) is 17.7 Å². The molecule has 0 fully saturated rings. The number of amides is 1. The molecule has 4 rings (SSSR count). The maximum atomic E-state index is 13.8. The molecule has 0 aliphatic rings. The van der Waals surface area contributed by atoms with E-state index in [-0.39, 0.29) is 11.4 Å². The first-order chi connectivity index (χ1) is 14.1. The van der Waals surface area contributed by atoms with Crippen LogP contribution in [0.1, 0.15) is 27.3 Å². The van der Waals surface area contributed by atoms with Gasteiger partial charge in [-0.25, -0.2) is 9.67 Å². The van der Waals surface area contributed by atoms with E-state index in [9.17, 15) is 18.0 Å². The van der Waals surface area contributed by atoms with E-state index in [2.05, 4.69) is 20.5 Å². The lowest BCUT2D eigenvalue weighted by Gasteiger charge is -2.13. The minimum absolute atomic E-state index is 0.209. The Morgan fingerprint density at radius 3 is 2.47 bits per heavy atom. The summed E-state index contributed by atoms with van der Waals surface area (Å²) in [5, 5.41) is 11.2. The molecule has 7 nitrogen and oxygen atoms in total. The third kappa shape index (κ3) is 3.40. The molecule has 0 atom stereocenters. The molecular weight excluding hydrogens is 397 g/mol. The highest BCUT2D eigenvalue weighted by Gasteiger charge is 2.40. The largest absolute Gasteiger partial charge is 0.434 e. The average Bonchev–Trinajstić information content (AvgIpc) is 3.24. The smallest absolute Gasteiger partial charge is 0.320 e. The molecule has 0 saturated carbocycles. The van der Waals surface area contributed by atoms with Crippen molar-refractivity contribution in [2.24, 2.45) is 7.05 Å². The van der Waals surface area contributed by atoms with Crippen LogP contribution in [0.3, 0.4) is 0 Å². The number of hydrogen-bond acceptors (Lipinski definition) is 4. The van der Waals surface area contributed by atoms with Crippen molar-refractivity contribution in [3.05, 3.63) is 65.2 Å². The fourth-order valence-electron chi connectivity index (χ4n) is 3.24. The minimum Gasteiger partial charge on any atom is -0.320 e. The molecule has 0 radical (unpaired) electrons. The van der Waals surface area contributed by atoms with Crippen LogP contribution in [0.2, 0.25) is 0 Å². The number of rotatable bonds is 3. The van der Waals surface area contributed by atoms with E-state index in [0.717, 1.165) is 16.4 Å². The molecule has 0 bridgehead atoms. The molecule has 0 aliphatic heterocycles.